The van der Waals surface area contributed by atoms with Crippen LogP contribution >= 0.6 is 24.0 Å². The third-order valence-electron chi connectivity index (χ3n) is 4.91. The van der Waals surface area contributed by atoms with E-state index in [-0.39, 0.29) is 29.9 Å². The summed E-state index contributed by atoms with van der Waals surface area (Å²) >= 11 is 0. The van der Waals surface area contributed by atoms with Crippen LogP contribution in [0.25, 0.3) is 0 Å². The van der Waals surface area contributed by atoms with E-state index >= 15 is 0 Å². The number of aromatic nitrogens is 2. The number of anilines is 1. The van der Waals surface area contributed by atoms with Crippen LogP contribution in [0.3, 0.4) is 0 Å². The van der Waals surface area contributed by atoms with Crippen LogP contribution in [0.4, 0.5) is 5.95 Å². The van der Waals surface area contributed by atoms with Gasteiger partial charge in [-0.05, 0) is 24.8 Å². The molecular weight excluding hydrogens is 445 g/mol. The minimum absolute atomic E-state index is 0. The fourth-order valence-corrected chi connectivity index (χ4v) is 3.41. The van der Waals surface area contributed by atoms with Gasteiger partial charge < -0.3 is 20.4 Å². The molecule has 2 aliphatic heterocycles. The fraction of sp³-hybridized carbons (Fsp3) is 0.647. The molecule has 1 unspecified atom stereocenters. The number of halogens is 1. The molecule has 2 fully saturated rings. The number of aliphatic imine (C=N–C) groups is 1. The zero-order valence-electron chi connectivity index (χ0n) is 15.3. The van der Waals surface area contributed by atoms with E-state index in [1.165, 1.54) is 0 Å². The minimum Gasteiger partial charge on any atom is -0.370 e. The predicted molar refractivity (Wildman–Crippen MR) is 113 cm³/mol. The Kier molecular flexibility index (Phi) is 7.85. The van der Waals surface area contributed by atoms with Crippen molar-refractivity contribution < 1.29 is 4.79 Å². The second kappa shape index (κ2) is 9.89. The van der Waals surface area contributed by atoms with Crippen molar-refractivity contribution in [2.24, 2.45) is 16.6 Å². The van der Waals surface area contributed by atoms with Crippen LogP contribution in [0.15, 0.2) is 23.5 Å². The minimum atomic E-state index is 0. The number of carbonyl (C=O) groups excluding carboxylic acids is 1. The number of amides is 1. The molecular formula is C17H28IN7O. The van der Waals surface area contributed by atoms with Gasteiger partial charge >= 0.3 is 0 Å². The third-order valence-corrected chi connectivity index (χ3v) is 4.91. The molecule has 2 aliphatic rings. The van der Waals surface area contributed by atoms with Crippen molar-refractivity contribution in [3.05, 3.63) is 18.5 Å². The van der Waals surface area contributed by atoms with Crippen LogP contribution < -0.4 is 10.6 Å². The van der Waals surface area contributed by atoms with E-state index < -0.39 is 0 Å². The van der Waals surface area contributed by atoms with E-state index in [0.29, 0.717) is 18.4 Å². The predicted octanol–water partition coefficient (Wildman–Crippen LogP) is 0.790. The Hall–Kier alpha value is -1.65. The number of nitrogens with two attached hydrogens (primary N) is 1. The lowest BCUT2D eigenvalue weighted by Gasteiger charge is -2.35. The highest BCUT2D eigenvalue weighted by atomic mass is 127. The summed E-state index contributed by atoms with van der Waals surface area (Å²) in [5.74, 6) is 1.94. The summed E-state index contributed by atoms with van der Waals surface area (Å²) in [6.07, 6.45) is 5.69. The number of hydrogen-bond acceptors (Lipinski definition) is 5. The summed E-state index contributed by atoms with van der Waals surface area (Å²) in [5, 5.41) is 0. The molecule has 9 heteroatoms. The summed E-state index contributed by atoms with van der Waals surface area (Å²) in [7, 11) is 0. The van der Waals surface area contributed by atoms with Crippen molar-refractivity contribution in [3.8, 4) is 0 Å². The third kappa shape index (κ3) is 5.42. The van der Waals surface area contributed by atoms with E-state index in [4.69, 9.17) is 5.73 Å². The molecule has 0 radical (unpaired) electrons. The number of guanidine groups is 1. The lowest BCUT2D eigenvalue weighted by Crippen LogP contribution is -2.51. The first-order valence-corrected chi connectivity index (χ1v) is 8.96. The number of likely N-dealkylation sites (tertiary alicyclic amines) is 1. The Morgan fingerprint density at radius 2 is 1.88 bits per heavy atom. The molecule has 26 heavy (non-hydrogen) atoms. The molecule has 2 saturated heterocycles. The second-order valence-electron chi connectivity index (χ2n) is 6.70. The highest BCUT2D eigenvalue weighted by Crippen LogP contribution is 2.17. The number of piperidine rings is 1. The number of piperazine rings is 1. The molecule has 1 aromatic rings. The van der Waals surface area contributed by atoms with Gasteiger partial charge in [-0.3, -0.25) is 9.79 Å². The van der Waals surface area contributed by atoms with Crippen LogP contribution in [0.5, 0.6) is 0 Å². The quantitative estimate of drug-likeness (QED) is 0.397. The average Bonchev–Trinajstić information content (AvgIpc) is 2.67. The lowest BCUT2D eigenvalue weighted by atomic mass is 9.98. The molecule has 0 spiro atoms. The number of hydrogen-bond donors (Lipinski definition) is 1. The van der Waals surface area contributed by atoms with Crippen LogP contribution in [-0.4, -0.2) is 77.4 Å². The van der Waals surface area contributed by atoms with E-state index in [1.807, 2.05) is 11.0 Å². The topological polar surface area (TPSA) is 91.0 Å². The fourth-order valence-electron chi connectivity index (χ4n) is 3.41. The Labute approximate surface area is 171 Å². The molecule has 3 heterocycles. The van der Waals surface area contributed by atoms with E-state index in [0.717, 1.165) is 58.1 Å². The van der Waals surface area contributed by atoms with Gasteiger partial charge in [-0.2, -0.15) is 0 Å². The van der Waals surface area contributed by atoms with Crippen molar-refractivity contribution in [3.63, 3.8) is 0 Å². The monoisotopic (exact) mass is 473 g/mol. The summed E-state index contributed by atoms with van der Waals surface area (Å²) in [6.45, 7) is 7.30. The molecule has 0 bridgehead atoms. The highest BCUT2D eigenvalue weighted by molar-refractivity contribution is 14.0. The molecule has 0 aromatic carbocycles. The molecule has 1 atom stereocenters. The molecule has 1 aromatic heterocycles. The molecule has 2 N–H and O–H groups in total. The molecule has 0 aliphatic carbocycles. The first-order valence-electron chi connectivity index (χ1n) is 8.96. The van der Waals surface area contributed by atoms with Gasteiger partial charge in [-0.15, -0.1) is 24.0 Å². The van der Waals surface area contributed by atoms with Crippen molar-refractivity contribution in [2.45, 2.75) is 19.8 Å². The maximum atomic E-state index is 11.5. The average molecular weight is 473 g/mol. The van der Waals surface area contributed by atoms with Crippen LogP contribution in [0.2, 0.25) is 0 Å². The van der Waals surface area contributed by atoms with Gasteiger partial charge in [-0.25, -0.2) is 9.97 Å². The Morgan fingerprint density at radius 3 is 2.54 bits per heavy atom. The Morgan fingerprint density at radius 1 is 1.19 bits per heavy atom. The number of nitrogens with zero attached hydrogens (tertiary/aromatic N) is 6. The zero-order valence-corrected chi connectivity index (χ0v) is 17.6. The van der Waals surface area contributed by atoms with E-state index in [9.17, 15) is 4.79 Å². The molecule has 3 rings (SSSR count). The van der Waals surface area contributed by atoms with Crippen molar-refractivity contribution >= 4 is 41.8 Å². The first-order chi connectivity index (χ1) is 12.1. The standard InChI is InChI=1S/C17H27N7O.HI/c1-14(25)24-7-2-4-15(13-24)12-21-16(18)22-8-10-23(11-9-22)17-19-5-3-6-20-17;/h3,5-6,15H,2,4,7-13H2,1H3,(H2,18,21);1H. The van der Waals surface area contributed by atoms with Crippen LogP contribution in [0.1, 0.15) is 19.8 Å². The van der Waals surface area contributed by atoms with Gasteiger partial charge in [0, 0.05) is 65.1 Å². The van der Waals surface area contributed by atoms with Gasteiger partial charge in [-0.1, -0.05) is 0 Å². The van der Waals surface area contributed by atoms with E-state index in [1.54, 1.807) is 19.3 Å². The van der Waals surface area contributed by atoms with Gasteiger partial charge in [0.2, 0.25) is 11.9 Å². The number of carbonyl (C=O) groups is 1. The molecule has 0 saturated carbocycles. The summed E-state index contributed by atoms with van der Waals surface area (Å²) in [5.41, 5.74) is 6.19. The van der Waals surface area contributed by atoms with E-state index in [2.05, 4.69) is 24.8 Å². The normalized spacial score (nSPS) is 21.3. The first kappa shape index (κ1) is 20.7. The van der Waals surface area contributed by atoms with Crippen molar-refractivity contribution in [1.82, 2.24) is 19.8 Å². The van der Waals surface area contributed by atoms with Crippen LogP contribution in [0, 0.1) is 5.92 Å². The SMILES string of the molecule is CC(=O)N1CCCC(CN=C(N)N2CCN(c3ncccn3)CC2)C1.I. The maximum Gasteiger partial charge on any atom is 0.225 e. The smallest absolute Gasteiger partial charge is 0.225 e. The largest absolute Gasteiger partial charge is 0.370 e. The number of rotatable bonds is 3. The van der Waals surface area contributed by atoms with Crippen LogP contribution in [-0.2, 0) is 4.79 Å². The van der Waals surface area contributed by atoms with Gasteiger partial charge in [0.05, 0.1) is 0 Å². The Bertz CT molecular complexity index is 604. The second-order valence-corrected chi connectivity index (χ2v) is 6.70. The van der Waals surface area contributed by atoms with Gasteiger partial charge in [0.25, 0.3) is 0 Å². The summed E-state index contributed by atoms with van der Waals surface area (Å²) in [4.78, 5) is 30.9. The Balaban J connectivity index is 0.00000243. The van der Waals surface area contributed by atoms with Gasteiger partial charge in [0.15, 0.2) is 5.96 Å². The lowest BCUT2D eigenvalue weighted by molar-refractivity contribution is -0.130. The van der Waals surface area contributed by atoms with Gasteiger partial charge in [0.1, 0.15) is 0 Å². The molecule has 8 nitrogen and oxygen atoms in total. The van der Waals surface area contributed by atoms with Crippen molar-refractivity contribution in [1.29, 1.82) is 0 Å². The molecule has 1 amide bonds. The summed E-state index contributed by atoms with van der Waals surface area (Å²) in [6, 6.07) is 1.82. The zero-order chi connectivity index (χ0) is 17.6. The van der Waals surface area contributed by atoms with Crippen molar-refractivity contribution in [2.75, 3.05) is 50.7 Å². The maximum absolute atomic E-state index is 11.5. The highest BCUT2D eigenvalue weighted by Gasteiger charge is 2.23. The molecule has 144 valence electrons. The summed E-state index contributed by atoms with van der Waals surface area (Å²) < 4.78 is 0.